The van der Waals surface area contributed by atoms with Crippen LogP contribution in [0.2, 0.25) is 0 Å². The van der Waals surface area contributed by atoms with E-state index < -0.39 is 5.82 Å². The molecular formula is C26H26FN5O. The van der Waals surface area contributed by atoms with Crippen molar-refractivity contribution in [3.05, 3.63) is 70.5 Å². The lowest BCUT2D eigenvalue weighted by Gasteiger charge is -2.11. The zero-order valence-corrected chi connectivity index (χ0v) is 18.9. The average Bonchev–Trinajstić information content (AvgIpc) is 3.12. The lowest BCUT2D eigenvalue weighted by molar-refractivity contribution is 0.546. The van der Waals surface area contributed by atoms with Crippen LogP contribution < -0.4 is 5.56 Å². The Hall–Kier alpha value is -3.61. The van der Waals surface area contributed by atoms with E-state index in [1.807, 2.05) is 31.2 Å². The number of fused-ring (bicyclic) bond motifs is 4. The standard InChI is InChI=1S/C26H26FN5O/c1-3-4-5-6-11-16-31-17(2)28-24-22(26(31)33)23-25(30-20-14-9-8-13-19(20)29-23)32(24)21-15-10-7-12-18(21)27/h7-10,12-15H,3-6,11,16H2,1-2H3. The second-order valence-electron chi connectivity index (χ2n) is 8.40. The molecule has 0 unspecified atom stereocenters. The third-order valence-electron chi connectivity index (χ3n) is 6.13. The van der Waals surface area contributed by atoms with Crippen molar-refractivity contribution in [3.8, 4) is 5.69 Å². The Kier molecular flexibility index (Phi) is 5.62. The predicted molar refractivity (Wildman–Crippen MR) is 129 cm³/mol. The summed E-state index contributed by atoms with van der Waals surface area (Å²) in [4.78, 5) is 28.0. The van der Waals surface area contributed by atoms with E-state index in [4.69, 9.17) is 15.0 Å². The molecule has 6 nitrogen and oxygen atoms in total. The van der Waals surface area contributed by atoms with E-state index in [1.54, 1.807) is 27.3 Å². The third kappa shape index (κ3) is 3.67. The van der Waals surface area contributed by atoms with Crippen LogP contribution >= 0.6 is 0 Å². The molecule has 33 heavy (non-hydrogen) atoms. The first-order chi connectivity index (χ1) is 16.1. The lowest BCUT2D eigenvalue weighted by atomic mass is 10.1. The van der Waals surface area contributed by atoms with Gasteiger partial charge in [0.1, 0.15) is 22.5 Å². The summed E-state index contributed by atoms with van der Waals surface area (Å²) in [5.74, 6) is 0.193. The molecular weight excluding hydrogens is 417 g/mol. The highest BCUT2D eigenvalue weighted by atomic mass is 19.1. The Bertz CT molecular complexity index is 1540. The Balaban J connectivity index is 1.79. The summed E-state index contributed by atoms with van der Waals surface area (Å²) in [5.41, 5.74) is 2.77. The van der Waals surface area contributed by atoms with Gasteiger partial charge in [-0.15, -0.1) is 0 Å². The monoisotopic (exact) mass is 443 g/mol. The summed E-state index contributed by atoms with van der Waals surface area (Å²) >= 11 is 0. The zero-order valence-electron chi connectivity index (χ0n) is 18.9. The molecule has 3 aromatic heterocycles. The molecule has 168 valence electrons. The smallest absolute Gasteiger partial charge is 0.265 e. The van der Waals surface area contributed by atoms with E-state index in [0.717, 1.165) is 19.3 Å². The maximum atomic E-state index is 14.9. The molecule has 0 saturated carbocycles. The van der Waals surface area contributed by atoms with Crippen LogP contribution in [-0.4, -0.2) is 24.1 Å². The Labute approximate surface area is 190 Å². The van der Waals surface area contributed by atoms with Gasteiger partial charge in [-0.1, -0.05) is 56.9 Å². The number of aryl methyl sites for hydroxylation is 1. The van der Waals surface area contributed by atoms with Crippen LogP contribution in [-0.2, 0) is 6.54 Å². The highest BCUT2D eigenvalue weighted by Crippen LogP contribution is 2.29. The van der Waals surface area contributed by atoms with Crippen LogP contribution in [0.15, 0.2) is 53.3 Å². The number of para-hydroxylation sites is 3. The molecule has 0 aliphatic carbocycles. The van der Waals surface area contributed by atoms with Gasteiger partial charge in [0.15, 0.2) is 11.3 Å². The molecule has 0 aliphatic rings. The number of nitrogens with zero attached hydrogens (tertiary/aromatic N) is 5. The molecule has 0 saturated heterocycles. The minimum atomic E-state index is -0.411. The molecule has 5 aromatic rings. The van der Waals surface area contributed by atoms with Gasteiger partial charge in [-0.25, -0.2) is 19.3 Å². The fourth-order valence-electron chi connectivity index (χ4n) is 4.43. The lowest BCUT2D eigenvalue weighted by Crippen LogP contribution is -2.24. The second kappa shape index (κ2) is 8.73. The van der Waals surface area contributed by atoms with Crippen LogP contribution in [0.25, 0.3) is 38.9 Å². The molecule has 2 aromatic carbocycles. The van der Waals surface area contributed by atoms with Crippen molar-refractivity contribution >= 4 is 33.2 Å². The molecule has 0 spiro atoms. The first kappa shape index (κ1) is 21.2. The number of hydrogen-bond donors (Lipinski definition) is 0. The van der Waals surface area contributed by atoms with Gasteiger partial charge in [0.05, 0.1) is 16.7 Å². The van der Waals surface area contributed by atoms with Gasteiger partial charge in [-0.05, 0) is 37.6 Å². The number of halogens is 1. The van der Waals surface area contributed by atoms with Gasteiger partial charge in [0, 0.05) is 6.54 Å². The number of benzene rings is 2. The Morgan fingerprint density at radius 2 is 1.55 bits per heavy atom. The van der Waals surface area contributed by atoms with Crippen LogP contribution in [0.5, 0.6) is 0 Å². The van der Waals surface area contributed by atoms with Gasteiger partial charge in [0.2, 0.25) is 0 Å². The first-order valence-corrected chi connectivity index (χ1v) is 11.5. The number of hydrogen-bond acceptors (Lipinski definition) is 4. The first-order valence-electron chi connectivity index (χ1n) is 11.5. The second-order valence-corrected chi connectivity index (χ2v) is 8.40. The average molecular weight is 444 g/mol. The Morgan fingerprint density at radius 1 is 0.848 bits per heavy atom. The van der Waals surface area contributed by atoms with Crippen molar-refractivity contribution < 1.29 is 4.39 Å². The van der Waals surface area contributed by atoms with Crippen LogP contribution in [0.3, 0.4) is 0 Å². The fourth-order valence-corrected chi connectivity index (χ4v) is 4.43. The highest BCUT2D eigenvalue weighted by molar-refractivity contribution is 6.05. The van der Waals surface area contributed by atoms with E-state index in [0.29, 0.717) is 51.3 Å². The molecule has 0 amide bonds. The molecule has 0 atom stereocenters. The van der Waals surface area contributed by atoms with Gasteiger partial charge >= 0.3 is 0 Å². The Morgan fingerprint density at radius 3 is 2.30 bits per heavy atom. The number of aromatic nitrogens is 5. The van der Waals surface area contributed by atoms with Gasteiger partial charge < -0.3 is 0 Å². The summed E-state index contributed by atoms with van der Waals surface area (Å²) < 4.78 is 18.2. The molecule has 5 rings (SSSR count). The maximum absolute atomic E-state index is 14.9. The van der Waals surface area contributed by atoms with Crippen molar-refractivity contribution in [1.29, 1.82) is 0 Å². The SMILES string of the molecule is CCCCCCCn1c(C)nc2c(c1=O)c1nc3ccccc3nc1n2-c1ccccc1F. The van der Waals surface area contributed by atoms with Gasteiger partial charge in [-0.2, -0.15) is 0 Å². The normalized spacial score (nSPS) is 11.7. The minimum Gasteiger partial charge on any atom is -0.296 e. The van der Waals surface area contributed by atoms with Crippen molar-refractivity contribution in [1.82, 2.24) is 24.1 Å². The van der Waals surface area contributed by atoms with Crippen molar-refractivity contribution in [2.24, 2.45) is 0 Å². The molecule has 0 bridgehead atoms. The topological polar surface area (TPSA) is 65.6 Å². The summed E-state index contributed by atoms with van der Waals surface area (Å²) in [7, 11) is 0. The third-order valence-corrected chi connectivity index (χ3v) is 6.13. The molecule has 0 N–H and O–H groups in total. The van der Waals surface area contributed by atoms with Gasteiger partial charge in [0.25, 0.3) is 5.56 Å². The number of rotatable bonds is 7. The van der Waals surface area contributed by atoms with Crippen LogP contribution in [0, 0.1) is 12.7 Å². The molecule has 3 heterocycles. The van der Waals surface area contributed by atoms with E-state index in [2.05, 4.69) is 6.92 Å². The van der Waals surface area contributed by atoms with Crippen molar-refractivity contribution in [2.75, 3.05) is 0 Å². The summed E-state index contributed by atoms with van der Waals surface area (Å²) in [5, 5.41) is 0.380. The van der Waals surface area contributed by atoms with Crippen molar-refractivity contribution in [2.45, 2.75) is 52.5 Å². The van der Waals surface area contributed by atoms with Gasteiger partial charge in [-0.3, -0.25) is 13.9 Å². The molecule has 7 heteroatoms. The predicted octanol–water partition coefficient (Wildman–Crippen LogP) is 5.70. The molecule has 0 fully saturated rings. The van der Waals surface area contributed by atoms with Crippen molar-refractivity contribution in [3.63, 3.8) is 0 Å². The largest absolute Gasteiger partial charge is 0.296 e. The van der Waals surface area contributed by atoms with E-state index in [-0.39, 0.29) is 5.56 Å². The van der Waals surface area contributed by atoms with E-state index in [1.165, 1.54) is 18.9 Å². The zero-order chi connectivity index (χ0) is 22.9. The van der Waals surface area contributed by atoms with E-state index in [9.17, 15) is 9.18 Å². The van der Waals surface area contributed by atoms with Crippen LogP contribution in [0.1, 0.15) is 44.9 Å². The fraction of sp³-hybridized carbons (Fsp3) is 0.308. The highest BCUT2D eigenvalue weighted by Gasteiger charge is 2.23. The quantitative estimate of drug-likeness (QED) is 0.303. The number of unbranched alkanes of at least 4 members (excludes halogenated alkanes) is 4. The summed E-state index contributed by atoms with van der Waals surface area (Å²) in [6.45, 7) is 4.61. The summed E-state index contributed by atoms with van der Waals surface area (Å²) in [6.07, 6.45) is 5.51. The molecule has 0 aliphatic heterocycles. The summed E-state index contributed by atoms with van der Waals surface area (Å²) in [6, 6.07) is 13.9. The van der Waals surface area contributed by atoms with Crippen LogP contribution in [0.4, 0.5) is 4.39 Å². The molecule has 0 radical (unpaired) electrons. The van der Waals surface area contributed by atoms with E-state index >= 15 is 0 Å². The maximum Gasteiger partial charge on any atom is 0.265 e. The minimum absolute atomic E-state index is 0.155.